The van der Waals surface area contributed by atoms with Crippen LogP contribution in [0.5, 0.6) is 17.2 Å². The lowest BCUT2D eigenvalue weighted by molar-refractivity contribution is -0.113. The molecule has 9 heteroatoms. The maximum absolute atomic E-state index is 13.2. The number of anilines is 1. The van der Waals surface area contributed by atoms with Crippen LogP contribution >= 0.6 is 47.2 Å². The Morgan fingerprint density at radius 1 is 0.971 bits per heavy atom. The number of methoxy groups -OCH3 is 1. The Balaban J connectivity index is 1.56. The van der Waals surface area contributed by atoms with Gasteiger partial charge in [-0.2, -0.15) is 0 Å². The zero-order valence-corrected chi connectivity index (χ0v) is 22.1. The maximum Gasteiger partial charge on any atom is 0.270 e. The lowest BCUT2D eigenvalue weighted by atomic mass is 10.1. The summed E-state index contributed by atoms with van der Waals surface area (Å²) in [4.78, 5) is 15.1. The van der Waals surface area contributed by atoms with Crippen LogP contribution in [-0.4, -0.2) is 23.9 Å². The molecule has 1 aliphatic rings. The van der Waals surface area contributed by atoms with E-state index in [0.717, 1.165) is 11.1 Å². The summed E-state index contributed by atoms with van der Waals surface area (Å²) in [6.07, 6.45) is 1.78. The van der Waals surface area contributed by atoms with Gasteiger partial charge in [0, 0.05) is 10.6 Å². The first-order valence-electron chi connectivity index (χ1n) is 10.7. The highest BCUT2D eigenvalue weighted by molar-refractivity contribution is 8.27. The Hall–Kier alpha value is -2.71. The summed E-state index contributed by atoms with van der Waals surface area (Å²) in [7, 11) is 1.53. The van der Waals surface area contributed by atoms with E-state index in [1.807, 2.05) is 49.4 Å². The highest BCUT2D eigenvalue weighted by Crippen LogP contribution is 2.39. The minimum atomic E-state index is -0.224. The Bertz CT molecular complexity index is 1310. The van der Waals surface area contributed by atoms with E-state index in [9.17, 15) is 4.79 Å². The van der Waals surface area contributed by atoms with Gasteiger partial charge in [0.25, 0.3) is 5.91 Å². The van der Waals surface area contributed by atoms with Gasteiger partial charge in [-0.3, -0.25) is 9.69 Å². The molecule has 0 saturated carbocycles. The Kier molecular flexibility index (Phi) is 8.23. The van der Waals surface area contributed by atoms with E-state index in [-0.39, 0.29) is 5.91 Å². The lowest BCUT2D eigenvalue weighted by Gasteiger charge is -2.15. The normalized spacial score (nSPS) is 14.5. The van der Waals surface area contributed by atoms with E-state index in [2.05, 4.69) is 0 Å². The van der Waals surface area contributed by atoms with Crippen molar-refractivity contribution in [2.24, 2.45) is 0 Å². The van der Waals surface area contributed by atoms with Gasteiger partial charge in [-0.25, -0.2) is 0 Å². The van der Waals surface area contributed by atoms with Gasteiger partial charge in [0.2, 0.25) is 0 Å². The van der Waals surface area contributed by atoms with Crippen molar-refractivity contribution >= 4 is 69.2 Å². The molecule has 1 fully saturated rings. The SMILES string of the molecule is CCOc1cc(C=C2SC(=S)N(c3ccc(OC)c(Cl)c3)C2=O)ccc1OCc1ccccc1Cl. The number of rotatable bonds is 8. The van der Waals surface area contributed by atoms with Crippen molar-refractivity contribution in [1.29, 1.82) is 0 Å². The van der Waals surface area contributed by atoms with E-state index in [4.69, 9.17) is 49.6 Å². The minimum Gasteiger partial charge on any atom is -0.495 e. The van der Waals surface area contributed by atoms with Crippen LogP contribution < -0.4 is 19.1 Å². The number of hydrogen-bond acceptors (Lipinski definition) is 6. The molecule has 1 heterocycles. The first kappa shape index (κ1) is 25.4. The molecular formula is C26H21Cl2NO4S2. The number of carbonyl (C=O) groups is 1. The summed E-state index contributed by atoms with van der Waals surface area (Å²) >= 11 is 19.2. The van der Waals surface area contributed by atoms with Crippen molar-refractivity contribution in [2.75, 3.05) is 18.6 Å². The van der Waals surface area contributed by atoms with Gasteiger partial charge in [-0.1, -0.05) is 71.4 Å². The van der Waals surface area contributed by atoms with Crippen LogP contribution in [0.3, 0.4) is 0 Å². The molecule has 0 N–H and O–H groups in total. The molecule has 0 unspecified atom stereocenters. The fourth-order valence-corrected chi connectivity index (χ4v) is 5.15. The van der Waals surface area contributed by atoms with Crippen LogP contribution in [0.1, 0.15) is 18.1 Å². The molecule has 180 valence electrons. The van der Waals surface area contributed by atoms with E-state index in [1.54, 1.807) is 24.3 Å². The largest absolute Gasteiger partial charge is 0.495 e. The summed E-state index contributed by atoms with van der Waals surface area (Å²) in [6.45, 7) is 2.67. The first-order valence-corrected chi connectivity index (χ1v) is 12.6. The van der Waals surface area contributed by atoms with Gasteiger partial charge in [-0.15, -0.1) is 0 Å². The molecule has 0 aromatic heterocycles. The van der Waals surface area contributed by atoms with Crippen LogP contribution in [0, 0.1) is 0 Å². The van der Waals surface area contributed by atoms with Crippen molar-refractivity contribution < 1.29 is 19.0 Å². The zero-order valence-electron chi connectivity index (χ0n) is 18.9. The molecule has 35 heavy (non-hydrogen) atoms. The summed E-state index contributed by atoms with van der Waals surface area (Å²) in [6, 6.07) is 18.1. The van der Waals surface area contributed by atoms with Crippen LogP contribution in [0.2, 0.25) is 10.0 Å². The average Bonchev–Trinajstić information content (AvgIpc) is 3.12. The number of amides is 1. The summed E-state index contributed by atoms with van der Waals surface area (Å²) in [5.74, 6) is 1.46. The number of halogens is 2. The number of hydrogen-bond donors (Lipinski definition) is 0. The standard InChI is InChI=1S/C26H21Cl2NO4S2/c1-3-32-23-12-16(8-10-22(23)33-15-17-6-4-5-7-19(17)27)13-24-25(30)29(26(34)35-24)18-9-11-21(31-2)20(28)14-18/h4-14H,3,15H2,1-2H3. The summed E-state index contributed by atoms with van der Waals surface area (Å²) < 4.78 is 17.4. The van der Waals surface area contributed by atoms with Crippen LogP contribution in [0.4, 0.5) is 5.69 Å². The summed E-state index contributed by atoms with van der Waals surface area (Å²) in [5, 5.41) is 1.04. The van der Waals surface area contributed by atoms with Gasteiger partial charge in [0.1, 0.15) is 12.4 Å². The molecule has 0 spiro atoms. The lowest BCUT2D eigenvalue weighted by Crippen LogP contribution is -2.27. The third-order valence-corrected chi connectivity index (χ3v) is 7.06. The summed E-state index contributed by atoms with van der Waals surface area (Å²) in [5.41, 5.74) is 2.25. The quantitative estimate of drug-likeness (QED) is 0.217. The molecule has 0 aliphatic carbocycles. The highest BCUT2D eigenvalue weighted by Gasteiger charge is 2.33. The number of nitrogens with zero attached hydrogens (tertiary/aromatic N) is 1. The molecular weight excluding hydrogens is 525 g/mol. The molecule has 0 bridgehead atoms. The topological polar surface area (TPSA) is 48.0 Å². The number of benzene rings is 3. The molecule has 1 saturated heterocycles. The second-order valence-electron chi connectivity index (χ2n) is 7.36. The molecule has 0 radical (unpaired) electrons. The molecule has 4 rings (SSSR count). The van der Waals surface area contributed by atoms with Crippen molar-refractivity contribution in [3.8, 4) is 17.2 Å². The Labute approximate surface area is 223 Å². The van der Waals surface area contributed by atoms with Crippen molar-refractivity contribution in [3.63, 3.8) is 0 Å². The third-order valence-electron chi connectivity index (χ3n) is 5.09. The van der Waals surface area contributed by atoms with E-state index in [0.29, 0.717) is 55.4 Å². The van der Waals surface area contributed by atoms with E-state index in [1.165, 1.54) is 23.8 Å². The molecule has 0 atom stereocenters. The van der Waals surface area contributed by atoms with Crippen molar-refractivity contribution in [1.82, 2.24) is 0 Å². The highest BCUT2D eigenvalue weighted by atomic mass is 35.5. The van der Waals surface area contributed by atoms with E-state index < -0.39 is 0 Å². The van der Waals surface area contributed by atoms with Gasteiger partial charge >= 0.3 is 0 Å². The number of ether oxygens (including phenoxy) is 3. The maximum atomic E-state index is 13.2. The molecule has 3 aromatic carbocycles. The molecule has 3 aromatic rings. The third kappa shape index (κ3) is 5.76. The molecule has 1 aliphatic heterocycles. The molecule has 1 amide bonds. The second-order valence-corrected chi connectivity index (χ2v) is 9.85. The van der Waals surface area contributed by atoms with Crippen LogP contribution in [0.25, 0.3) is 6.08 Å². The Morgan fingerprint density at radius 2 is 1.74 bits per heavy atom. The predicted molar refractivity (Wildman–Crippen MR) is 147 cm³/mol. The first-order chi connectivity index (χ1) is 16.9. The Morgan fingerprint density at radius 3 is 2.46 bits per heavy atom. The average molecular weight is 546 g/mol. The number of thiocarbonyl (C=S) groups is 1. The van der Waals surface area contributed by atoms with Crippen LogP contribution in [0.15, 0.2) is 65.6 Å². The molecule has 5 nitrogen and oxygen atoms in total. The van der Waals surface area contributed by atoms with E-state index >= 15 is 0 Å². The number of thioether (sulfide) groups is 1. The van der Waals surface area contributed by atoms with Gasteiger partial charge in [0.05, 0.1) is 29.3 Å². The fraction of sp³-hybridized carbons (Fsp3) is 0.154. The zero-order chi connectivity index (χ0) is 24.9. The fourth-order valence-electron chi connectivity index (χ4n) is 3.41. The van der Waals surface area contributed by atoms with Gasteiger partial charge < -0.3 is 14.2 Å². The smallest absolute Gasteiger partial charge is 0.270 e. The van der Waals surface area contributed by atoms with Gasteiger partial charge in [-0.05, 0) is 55.0 Å². The van der Waals surface area contributed by atoms with Gasteiger partial charge in [0.15, 0.2) is 15.8 Å². The minimum absolute atomic E-state index is 0.224. The second kappa shape index (κ2) is 11.4. The van der Waals surface area contributed by atoms with Crippen molar-refractivity contribution in [3.05, 3.63) is 86.7 Å². The number of carbonyl (C=O) groups excluding carboxylic acids is 1. The predicted octanol–water partition coefficient (Wildman–Crippen LogP) is 7.39. The van der Waals surface area contributed by atoms with Crippen molar-refractivity contribution in [2.45, 2.75) is 13.5 Å². The monoisotopic (exact) mass is 545 g/mol. The van der Waals surface area contributed by atoms with Crippen LogP contribution in [-0.2, 0) is 11.4 Å².